The SMILES string of the molecule is CCc1cnc(CCN=C(NCCc2ccco2)NC(C)c2ccccc2)s1.I. The van der Waals surface area contributed by atoms with Gasteiger partial charge in [0.1, 0.15) is 5.76 Å². The van der Waals surface area contributed by atoms with Gasteiger partial charge in [-0.15, -0.1) is 35.3 Å². The van der Waals surface area contributed by atoms with Gasteiger partial charge in [-0.25, -0.2) is 4.98 Å². The molecule has 0 aliphatic carbocycles. The number of thiazole rings is 1. The van der Waals surface area contributed by atoms with Crippen molar-refractivity contribution in [3.8, 4) is 0 Å². The van der Waals surface area contributed by atoms with Crippen LogP contribution >= 0.6 is 35.3 Å². The molecule has 0 saturated heterocycles. The monoisotopic (exact) mass is 524 g/mol. The van der Waals surface area contributed by atoms with Crippen LogP contribution in [0.5, 0.6) is 0 Å². The van der Waals surface area contributed by atoms with E-state index in [4.69, 9.17) is 9.41 Å². The molecule has 0 aliphatic heterocycles. The summed E-state index contributed by atoms with van der Waals surface area (Å²) in [7, 11) is 0. The highest BCUT2D eigenvalue weighted by Gasteiger charge is 2.08. The Bertz CT molecular complexity index is 849. The first kappa shape index (κ1) is 23.4. The zero-order valence-electron chi connectivity index (χ0n) is 16.9. The summed E-state index contributed by atoms with van der Waals surface area (Å²) in [5.41, 5.74) is 1.23. The Hall–Kier alpha value is -1.87. The van der Waals surface area contributed by atoms with Gasteiger partial charge in [0, 0.05) is 37.0 Å². The van der Waals surface area contributed by atoms with E-state index in [0.717, 1.165) is 42.5 Å². The molecular formula is C22H29IN4OS. The molecule has 2 heterocycles. The summed E-state index contributed by atoms with van der Waals surface area (Å²) in [6.07, 6.45) is 6.40. The number of nitrogens with zero attached hydrogens (tertiary/aromatic N) is 2. The molecule has 0 bridgehead atoms. The fraction of sp³-hybridized carbons (Fsp3) is 0.364. The molecule has 3 aromatic rings. The molecule has 5 nitrogen and oxygen atoms in total. The van der Waals surface area contributed by atoms with Crippen molar-refractivity contribution in [2.45, 2.75) is 39.2 Å². The Kier molecular flexibility index (Phi) is 10.2. The topological polar surface area (TPSA) is 62.5 Å². The van der Waals surface area contributed by atoms with Crippen LogP contribution in [0, 0.1) is 0 Å². The van der Waals surface area contributed by atoms with E-state index < -0.39 is 0 Å². The third kappa shape index (κ3) is 7.81. The molecule has 156 valence electrons. The number of hydrogen-bond donors (Lipinski definition) is 2. The second kappa shape index (κ2) is 12.6. The lowest BCUT2D eigenvalue weighted by Crippen LogP contribution is -2.40. The second-order valence-electron chi connectivity index (χ2n) is 6.59. The molecular weight excluding hydrogens is 495 g/mol. The highest BCUT2D eigenvalue weighted by atomic mass is 127. The first-order valence-electron chi connectivity index (χ1n) is 9.80. The molecule has 0 fully saturated rings. The molecule has 1 atom stereocenters. The molecule has 0 spiro atoms. The van der Waals surface area contributed by atoms with E-state index in [1.165, 1.54) is 10.4 Å². The summed E-state index contributed by atoms with van der Waals surface area (Å²) in [6, 6.07) is 14.5. The quantitative estimate of drug-likeness (QED) is 0.235. The number of aromatic nitrogens is 1. The van der Waals surface area contributed by atoms with Gasteiger partial charge in [0.05, 0.1) is 17.3 Å². The van der Waals surface area contributed by atoms with Gasteiger partial charge in [0.15, 0.2) is 5.96 Å². The third-order valence-corrected chi connectivity index (χ3v) is 5.64. The number of guanidine groups is 1. The van der Waals surface area contributed by atoms with Crippen LogP contribution in [-0.2, 0) is 19.3 Å². The smallest absolute Gasteiger partial charge is 0.191 e. The molecule has 7 heteroatoms. The van der Waals surface area contributed by atoms with Gasteiger partial charge in [-0.2, -0.15) is 0 Å². The van der Waals surface area contributed by atoms with Gasteiger partial charge in [0.25, 0.3) is 0 Å². The van der Waals surface area contributed by atoms with Gasteiger partial charge >= 0.3 is 0 Å². The lowest BCUT2D eigenvalue weighted by molar-refractivity contribution is 0.506. The highest BCUT2D eigenvalue weighted by molar-refractivity contribution is 14.0. The predicted molar refractivity (Wildman–Crippen MR) is 131 cm³/mol. The van der Waals surface area contributed by atoms with Crippen molar-refractivity contribution < 1.29 is 4.42 Å². The van der Waals surface area contributed by atoms with Crippen LogP contribution in [0.4, 0.5) is 0 Å². The number of furan rings is 1. The van der Waals surface area contributed by atoms with Crippen molar-refractivity contribution in [3.05, 3.63) is 76.1 Å². The van der Waals surface area contributed by atoms with Crippen LogP contribution in [-0.4, -0.2) is 24.0 Å². The zero-order chi connectivity index (χ0) is 19.6. The normalized spacial score (nSPS) is 12.3. The van der Waals surface area contributed by atoms with Crippen LogP contribution < -0.4 is 10.6 Å². The van der Waals surface area contributed by atoms with E-state index in [9.17, 15) is 0 Å². The van der Waals surface area contributed by atoms with Gasteiger partial charge in [-0.1, -0.05) is 37.3 Å². The Labute approximate surface area is 194 Å². The number of aliphatic imine (C=N–C) groups is 1. The fourth-order valence-corrected chi connectivity index (χ4v) is 3.68. The summed E-state index contributed by atoms with van der Waals surface area (Å²) in [6.45, 7) is 5.77. The zero-order valence-corrected chi connectivity index (χ0v) is 20.1. The first-order chi connectivity index (χ1) is 13.7. The summed E-state index contributed by atoms with van der Waals surface area (Å²) in [5.74, 6) is 1.79. The van der Waals surface area contributed by atoms with E-state index in [0.29, 0.717) is 6.54 Å². The highest BCUT2D eigenvalue weighted by Crippen LogP contribution is 2.14. The van der Waals surface area contributed by atoms with Crippen molar-refractivity contribution in [2.75, 3.05) is 13.1 Å². The van der Waals surface area contributed by atoms with E-state index in [-0.39, 0.29) is 30.0 Å². The predicted octanol–water partition coefficient (Wildman–Crippen LogP) is 5.00. The van der Waals surface area contributed by atoms with Gasteiger partial charge in [-0.05, 0) is 31.0 Å². The second-order valence-corrected chi connectivity index (χ2v) is 7.79. The molecule has 29 heavy (non-hydrogen) atoms. The molecule has 0 aliphatic rings. The summed E-state index contributed by atoms with van der Waals surface area (Å²) >= 11 is 1.78. The van der Waals surface area contributed by atoms with Crippen LogP contribution in [0.1, 0.15) is 41.1 Å². The van der Waals surface area contributed by atoms with Crippen LogP contribution in [0.25, 0.3) is 0 Å². The van der Waals surface area contributed by atoms with E-state index in [1.54, 1.807) is 17.6 Å². The van der Waals surface area contributed by atoms with Crippen LogP contribution in [0.3, 0.4) is 0 Å². The first-order valence-corrected chi connectivity index (χ1v) is 10.6. The number of rotatable bonds is 9. The van der Waals surface area contributed by atoms with Crippen molar-refractivity contribution in [2.24, 2.45) is 4.99 Å². The Morgan fingerprint density at radius 1 is 1.17 bits per heavy atom. The van der Waals surface area contributed by atoms with E-state index in [2.05, 4.69) is 53.7 Å². The lowest BCUT2D eigenvalue weighted by atomic mass is 10.1. The molecule has 2 aromatic heterocycles. The Morgan fingerprint density at radius 2 is 2.00 bits per heavy atom. The maximum absolute atomic E-state index is 5.41. The standard InChI is InChI=1S/C22H28N4OS.HI/c1-3-20-16-25-21(28-20)12-14-24-22(23-13-11-19-10-7-15-27-19)26-17(2)18-8-5-4-6-9-18;/h4-10,15-17H,3,11-14H2,1-2H3,(H2,23,24,26);1H. The van der Waals surface area contributed by atoms with Crippen molar-refractivity contribution in [1.82, 2.24) is 15.6 Å². The molecule has 0 amide bonds. The summed E-state index contributed by atoms with van der Waals surface area (Å²) in [5, 5.41) is 8.08. The molecule has 2 N–H and O–H groups in total. The summed E-state index contributed by atoms with van der Waals surface area (Å²) < 4.78 is 5.41. The number of hydrogen-bond acceptors (Lipinski definition) is 4. The Morgan fingerprint density at radius 3 is 2.69 bits per heavy atom. The maximum atomic E-state index is 5.41. The fourth-order valence-electron chi connectivity index (χ4n) is 2.83. The third-order valence-electron chi connectivity index (χ3n) is 4.44. The minimum absolute atomic E-state index is 0. The van der Waals surface area contributed by atoms with Gasteiger partial charge in [-0.3, -0.25) is 4.99 Å². The van der Waals surface area contributed by atoms with Crippen molar-refractivity contribution >= 4 is 41.3 Å². The molecule has 1 unspecified atom stereocenters. The number of aryl methyl sites for hydroxylation is 1. The average Bonchev–Trinajstić information content (AvgIpc) is 3.40. The van der Waals surface area contributed by atoms with Crippen molar-refractivity contribution in [1.29, 1.82) is 0 Å². The number of nitrogens with one attached hydrogen (secondary N) is 2. The molecule has 3 rings (SSSR count). The van der Waals surface area contributed by atoms with Crippen LogP contribution in [0.15, 0.2) is 64.3 Å². The lowest BCUT2D eigenvalue weighted by Gasteiger charge is -2.18. The molecule has 0 radical (unpaired) electrons. The number of benzene rings is 1. The minimum atomic E-state index is 0. The molecule has 1 aromatic carbocycles. The number of halogens is 1. The maximum Gasteiger partial charge on any atom is 0.191 e. The van der Waals surface area contributed by atoms with Crippen molar-refractivity contribution in [3.63, 3.8) is 0 Å². The molecule has 0 saturated carbocycles. The van der Waals surface area contributed by atoms with Gasteiger partial charge < -0.3 is 15.1 Å². The average molecular weight is 524 g/mol. The largest absolute Gasteiger partial charge is 0.469 e. The summed E-state index contributed by atoms with van der Waals surface area (Å²) in [4.78, 5) is 10.6. The minimum Gasteiger partial charge on any atom is -0.469 e. The van der Waals surface area contributed by atoms with E-state index >= 15 is 0 Å². The van der Waals surface area contributed by atoms with Gasteiger partial charge in [0.2, 0.25) is 0 Å². The van der Waals surface area contributed by atoms with Crippen LogP contribution in [0.2, 0.25) is 0 Å². The Balaban J connectivity index is 0.00000300. The van der Waals surface area contributed by atoms with E-state index in [1.807, 2.05) is 24.4 Å².